The summed E-state index contributed by atoms with van der Waals surface area (Å²) in [5.41, 5.74) is 1.92. The molecular weight excluding hydrogens is 466 g/mol. The van der Waals surface area contributed by atoms with Crippen LogP contribution in [0.5, 0.6) is 17.2 Å². The molecule has 6 nitrogen and oxygen atoms in total. The molecule has 1 atom stereocenters. The molecule has 6 heteroatoms. The van der Waals surface area contributed by atoms with Crippen molar-refractivity contribution in [2.24, 2.45) is 0 Å². The van der Waals surface area contributed by atoms with Crippen molar-refractivity contribution in [3.63, 3.8) is 0 Å². The summed E-state index contributed by atoms with van der Waals surface area (Å²) in [5, 5.41) is 11.3. The first-order chi connectivity index (χ1) is 18.0. The fraction of sp³-hybridized carbons (Fsp3) is 0.0968. The molecule has 1 fully saturated rings. The van der Waals surface area contributed by atoms with E-state index in [4.69, 9.17) is 9.47 Å². The van der Waals surface area contributed by atoms with Gasteiger partial charge in [-0.2, -0.15) is 0 Å². The van der Waals surface area contributed by atoms with Gasteiger partial charge >= 0.3 is 0 Å². The minimum Gasteiger partial charge on any atom is -0.507 e. The molecule has 0 bridgehead atoms. The summed E-state index contributed by atoms with van der Waals surface area (Å²) in [4.78, 5) is 28.2. The average Bonchev–Trinajstić information content (AvgIpc) is 3.19. The number of hydrogen-bond acceptors (Lipinski definition) is 5. The third-order valence-corrected chi connectivity index (χ3v) is 6.23. The topological polar surface area (TPSA) is 76.1 Å². The Hall–Kier alpha value is -4.84. The van der Waals surface area contributed by atoms with Gasteiger partial charge in [0.1, 0.15) is 23.0 Å². The number of methoxy groups -OCH3 is 1. The lowest BCUT2D eigenvalue weighted by molar-refractivity contribution is -0.140. The summed E-state index contributed by atoms with van der Waals surface area (Å²) in [5.74, 6) is 0.0672. The monoisotopic (exact) mass is 491 g/mol. The molecule has 4 aromatic rings. The molecule has 0 radical (unpaired) electrons. The van der Waals surface area contributed by atoms with Gasteiger partial charge in [0, 0.05) is 12.1 Å². The van der Waals surface area contributed by atoms with Crippen LogP contribution in [-0.2, 0) is 16.1 Å². The van der Waals surface area contributed by atoms with Gasteiger partial charge in [-0.15, -0.1) is 0 Å². The molecule has 5 rings (SSSR count). The van der Waals surface area contributed by atoms with Crippen molar-refractivity contribution >= 4 is 17.4 Å². The average molecular weight is 492 g/mol. The predicted molar refractivity (Wildman–Crippen MR) is 140 cm³/mol. The maximum atomic E-state index is 13.4. The van der Waals surface area contributed by atoms with Gasteiger partial charge in [-0.05, 0) is 47.5 Å². The van der Waals surface area contributed by atoms with Gasteiger partial charge in [-0.1, -0.05) is 72.8 Å². The van der Waals surface area contributed by atoms with Crippen molar-refractivity contribution in [2.75, 3.05) is 7.11 Å². The van der Waals surface area contributed by atoms with E-state index in [0.717, 1.165) is 5.56 Å². The van der Waals surface area contributed by atoms with Crippen LogP contribution >= 0.6 is 0 Å². The van der Waals surface area contributed by atoms with Crippen LogP contribution in [0.1, 0.15) is 22.7 Å². The standard InChI is InChI=1S/C31H25NO5/c1-36-25-16-9-13-23(19-25)29(33)27-28(32(31(35)30(27)34)20-21-10-4-2-5-11-21)22-12-8-17-26(18-22)37-24-14-6-3-7-15-24/h2-19,28,33H,20H2,1H3/b29-27+. The number of Topliss-reactive ketones (excluding diaryl/α,β-unsaturated/α-hetero) is 1. The number of amides is 1. The number of ether oxygens (including phenoxy) is 2. The number of para-hydroxylation sites is 1. The van der Waals surface area contributed by atoms with Crippen LogP contribution < -0.4 is 9.47 Å². The molecule has 1 saturated heterocycles. The number of aliphatic hydroxyl groups is 1. The van der Waals surface area contributed by atoms with Crippen LogP contribution in [0, 0.1) is 0 Å². The number of hydrogen-bond donors (Lipinski definition) is 1. The van der Waals surface area contributed by atoms with Gasteiger partial charge in [0.25, 0.3) is 11.7 Å². The number of aliphatic hydroxyl groups excluding tert-OH is 1. The number of ketones is 1. The van der Waals surface area contributed by atoms with Crippen molar-refractivity contribution in [3.8, 4) is 17.2 Å². The van der Waals surface area contributed by atoms with Crippen LogP contribution in [0.25, 0.3) is 5.76 Å². The van der Waals surface area contributed by atoms with Crippen LogP contribution in [0.15, 0.2) is 115 Å². The van der Waals surface area contributed by atoms with E-state index in [1.54, 1.807) is 30.3 Å². The Morgan fingerprint density at radius 3 is 2.16 bits per heavy atom. The lowest BCUT2D eigenvalue weighted by Gasteiger charge is -2.26. The van der Waals surface area contributed by atoms with Gasteiger partial charge in [0.15, 0.2) is 0 Å². The maximum Gasteiger partial charge on any atom is 0.295 e. The SMILES string of the molecule is COc1cccc(/C(O)=C2\C(=O)C(=O)N(Cc3ccccc3)C2c2cccc(Oc3ccccc3)c2)c1. The summed E-state index contributed by atoms with van der Waals surface area (Å²) < 4.78 is 11.3. The normalized spacial score (nSPS) is 16.6. The van der Waals surface area contributed by atoms with E-state index in [-0.39, 0.29) is 17.9 Å². The first kappa shape index (κ1) is 23.9. The molecule has 37 heavy (non-hydrogen) atoms. The minimum absolute atomic E-state index is 0.0195. The minimum atomic E-state index is -0.814. The third kappa shape index (κ3) is 4.95. The zero-order chi connectivity index (χ0) is 25.8. The second kappa shape index (κ2) is 10.4. The van der Waals surface area contributed by atoms with Gasteiger partial charge in [0.2, 0.25) is 0 Å². The van der Waals surface area contributed by atoms with Crippen molar-refractivity contribution in [3.05, 3.63) is 131 Å². The fourth-order valence-electron chi connectivity index (χ4n) is 4.47. The number of carbonyl (C=O) groups is 2. The quantitative estimate of drug-likeness (QED) is 0.192. The van der Waals surface area contributed by atoms with E-state index >= 15 is 0 Å². The lowest BCUT2D eigenvalue weighted by Crippen LogP contribution is -2.29. The molecular formula is C31H25NO5. The largest absolute Gasteiger partial charge is 0.507 e. The van der Waals surface area contributed by atoms with Crippen molar-refractivity contribution in [1.82, 2.24) is 4.90 Å². The summed E-state index contributed by atoms with van der Waals surface area (Å²) in [7, 11) is 1.52. The van der Waals surface area contributed by atoms with E-state index in [0.29, 0.717) is 28.4 Å². The first-order valence-electron chi connectivity index (χ1n) is 11.8. The Morgan fingerprint density at radius 2 is 1.43 bits per heavy atom. The van der Waals surface area contributed by atoms with Crippen LogP contribution in [0.3, 0.4) is 0 Å². The number of rotatable bonds is 7. The van der Waals surface area contributed by atoms with Gasteiger partial charge < -0.3 is 19.5 Å². The highest BCUT2D eigenvalue weighted by molar-refractivity contribution is 6.46. The highest BCUT2D eigenvalue weighted by Gasteiger charge is 2.46. The van der Waals surface area contributed by atoms with E-state index in [1.165, 1.54) is 12.0 Å². The summed E-state index contributed by atoms with van der Waals surface area (Å²) >= 11 is 0. The lowest BCUT2D eigenvalue weighted by atomic mass is 9.95. The fourth-order valence-corrected chi connectivity index (χ4v) is 4.47. The maximum absolute atomic E-state index is 13.4. The Labute approximate surface area is 215 Å². The molecule has 1 aliphatic heterocycles. The third-order valence-electron chi connectivity index (χ3n) is 6.23. The van der Waals surface area contributed by atoms with Crippen molar-refractivity contribution in [2.45, 2.75) is 12.6 Å². The molecule has 0 aliphatic carbocycles. The number of carbonyl (C=O) groups excluding carboxylic acids is 2. The molecule has 4 aromatic carbocycles. The van der Waals surface area contributed by atoms with Crippen LogP contribution in [-0.4, -0.2) is 28.8 Å². The molecule has 1 unspecified atom stereocenters. The van der Waals surface area contributed by atoms with Gasteiger partial charge in [-0.3, -0.25) is 9.59 Å². The Bertz CT molecular complexity index is 1460. The Morgan fingerprint density at radius 1 is 0.784 bits per heavy atom. The molecule has 0 spiro atoms. The summed E-state index contributed by atoms with van der Waals surface area (Å²) in [6, 6.07) is 32.0. The summed E-state index contributed by atoms with van der Waals surface area (Å²) in [6.45, 7) is 0.203. The smallest absolute Gasteiger partial charge is 0.295 e. The zero-order valence-corrected chi connectivity index (χ0v) is 20.2. The van der Waals surface area contributed by atoms with E-state index < -0.39 is 17.7 Å². The molecule has 0 saturated carbocycles. The molecule has 1 N–H and O–H groups in total. The molecule has 1 aliphatic rings. The zero-order valence-electron chi connectivity index (χ0n) is 20.2. The Balaban J connectivity index is 1.62. The van der Waals surface area contributed by atoms with Gasteiger partial charge in [-0.25, -0.2) is 0 Å². The Kier molecular flexibility index (Phi) is 6.72. The van der Waals surface area contributed by atoms with Crippen LogP contribution in [0.2, 0.25) is 0 Å². The second-order valence-corrected chi connectivity index (χ2v) is 8.63. The highest BCUT2D eigenvalue weighted by Crippen LogP contribution is 2.41. The molecule has 184 valence electrons. The van der Waals surface area contributed by atoms with E-state index in [1.807, 2.05) is 78.9 Å². The molecule has 1 heterocycles. The first-order valence-corrected chi connectivity index (χ1v) is 11.8. The number of nitrogens with zero attached hydrogens (tertiary/aromatic N) is 1. The van der Waals surface area contributed by atoms with Crippen molar-refractivity contribution in [1.29, 1.82) is 0 Å². The van der Waals surface area contributed by atoms with Crippen LogP contribution in [0.4, 0.5) is 0 Å². The van der Waals surface area contributed by atoms with Crippen molar-refractivity contribution < 1.29 is 24.2 Å². The number of benzene rings is 4. The number of likely N-dealkylation sites (tertiary alicyclic amines) is 1. The van der Waals surface area contributed by atoms with E-state index in [9.17, 15) is 14.7 Å². The molecule has 0 aromatic heterocycles. The van der Waals surface area contributed by atoms with E-state index in [2.05, 4.69) is 0 Å². The summed E-state index contributed by atoms with van der Waals surface area (Å²) in [6.07, 6.45) is 0. The van der Waals surface area contributed by atoms with Gasteiger partial charge in [0.05, 0.1) is 18.7 Å². The second-order valence-electron chi connectivity index (χ2n) is 8.63. The predicted octanol–water partition coefficient (Wildman–Crippen LogP) is 6.11. The molecule has 1 amide bonds. The highest BCUT2D eigenvalue weighted by atomic mass is 16.5.